The first kappa shape index (κ1) is 19.2. The van der Waals surface area contributed by atoms with Crippen molar-refractivity contribution in [3.8, 4) is 5.88 Å². The number of oxazole rings is 1. The average Bonchev–Trinajstić information content (AvgIpc) is 3.15. The van der Waals surface area contributed by atoms with Gasteiger partial charge in [0.1, 0.15) is 12.1 Å². The van der Waals surface area contributed by atoms with E-state index in [1.165, 1.54) is 5.56 Å². The number of para-hydroxylation sites is 2. The van der Waals surface area contributed by atoms with Crippen LogP contribution in [0.5, 0.6) is 5.88 Å². The molecule has 0 amide bonds. The number of hydrogen-bond donors (Lipinski definition) is 0. The molecule has 0 saturated heterocycles. The van der Waals surface area contributed by atoms with Gasteiger partial charge in [0, 0.05) is 17.7 Å². The first-order chi connectivity index (χ1) is 14.1. The number of nitrogens with zero attached hydrogens (tertiary/aromatic N) is 2. The summed E-state index contributed by atoms with van der Waals surface area (Å²) in [6.07, 6.45) is 1.47. The van der Waals surface area contributed by atoms with Gasteiger partial charge < -0.3 is 9.15 Å². The molecule has 0 aliphatic carbocycles. The molecule has 0 aliphatic heterocycles. The van der Waals surface area contributed by atoms with Crippen LogP contribution in [0, 0.1) is 6.92 Å². The Kier molecular flexibility index (Phi) is 5.61. The van der Waals surface area contributed by atoms with Crippen LogP contribution in [0.4, 0.5) is 0 Å². The van der Waals surface area contributed by atoms with E-state index in [4.69, 9.17) is 14.1 Å². The van der Waals surface area contributed by atoms with Crippen LogP contribution < -0.4 is 4.74 Å². The smallest absolute Gasteiger partial charge is 0.217 e. The highest BCUT2D eigenvalue weighted by Crippen LogP contribution is 2.27. The van der Waals surface area contributed by atoms with Gasteiger partial charge in [-0.3, -0.25) is 0 Å². The molecule has 0 spiro atoms. The summed E-state index contributed by atoms with van der Waals surface area (Å²) in [5.41, 5.74) is 6.22. The van der Waals surface area contributed by atoms with Crippen LogP contribution in [-0.4, -0.2) is 9.97 Å². The van der Waals surface area contributed by atoms with Gasteiger partial charge in [-0.05, 0) is 48.6 Å². The van der Waals surface area contributed by atoms with E-state index in [0.717, 1.165) is 40.2 Å². The third-order valence-corrected chi connectivity index (χ3v) is 5.08. The van der Waals surface area contributed by atoms with Gasteiger partial charge in [0.25, 0.3) is 0 Å². The van der Waals surface area contributed by atoms with Crippen molar-refractivity contribution in [3.63, 3.8) is 0 Å². The zero-order valence-electron chi connectivity index (χ0n) is 17.2. The third-order valence-electron chi connectivity index (χ3n) is 5.08. The minimum absolute atomic E-state index is 0.411. The van der Waals surface area contributed by atoms with Gasteiger partial charge >= 0.3 is 0 Å². The van der Waals surface area contributed by atoms with Crippen LogP contribution in [0.2, 0.25) is 0 Å². The van der Waals surface area contributed by atoms with Crippen molar-refractivity contribution in [1.29, 1.82) is 0 Å². The van der Waals surface area contributed by atoms with Gasteiger partial charge in [-0.15, -0.1) is 0 Å². The standard InChI is InChI=1S/C25H26N2O2/c1-17(2)21-15-20(13-14-24-27-22-11-7-8-12-23(22)29-24)25(26-18(21)3)28-16-19-9-5-4-6-10-19/h4-12,15,17H,13-14,16H2,1-3H3. The highest BCUT2D eigenvalue weighted by molar-refractivity contribution is 5.72. The van der Waals surface area contributed by atoms with Crippen LogP contribution in [0.3, 0.4) is 0 Å². The van der Waals surface area contributed by atoms with Crippen molar-refractivity contribution in [2.24, 2.45) is 0 Å². The van der Waals surface area contributed by atoms with Crippen LogP contribution in [-0.2, 0) is 19.4 Å². The first-order valence-electron chi connectivity index (χ1n) is 10.1. The van der Waals surface area contributed by atoms with E-state index in [9.17, 15) is 0 Å². The Bertz CT molecular complexity index is 1070. The lowest BCUT2D eigenvalue weighted by molar-refractivity contribution is 0.289. The normalized spacial score (nSPS) is 11.3. The molecule has 0 unspecified atom stereocenters. The second-order valence-electron chi connectivity index (χ2n) is 7.63. The van der Waals surface area contributed by atoms with Gasteiger partial charge in [0.15, 0.2) is 11.5 Å². The molecule has 0 bridgehead atoms. The van der Waals surface area contributed by atoms with Gasteiger partial charge in [0.2, 0.25) is 5.88 Å². The molecule has 2 aromatic heterocycles. The van der Waals surface area contributed by atoms with Crippen molar-refractivity contribution < 1.29 is 9.15 Å². The van der Waals surface area contributed by atoms with Gasteiger partial charge in [-0.25, -0.2) is 9.97 Å². The third kappa shape index (κ3) is 4.48. The van der Waals surface area contributed by atoms with Crippen LogP contribution in [0.15, 0.2) is 65.1 Å². The van der Waals surface area contributed by atoms with Crippen molar-refractivity contribution in [2.45, 2.75) is 46.1 Å². The number of rotatable bonds is 7. The van der Waals surface area contributed by atoms with Crippen LogP contribution in [0.1, 0.15) is 48.0 Å². The highest BCUT2D eigenvalue weighted by Gasteiger charge is 2.15. The quantitative estimate of drug-likeness (QED) is 0.390. The summed E-state index contributed by atoms with van der Waals surface area (Å²) in [6, 6.07) is 20.3. The molecule has 4 heteroatoms. The van der Waals surface area contributed by atoms with Crippen LogP contribution >= 0.6 is 0 Å². The fourth-order valence-corrected chi connectivity index (χ4v) is 3.53. The van der Waals surface area contributed by atoms with E-state index in [2.05, 4.69) is 44.0 Å². The van der Waals surface area contributed by atoms with E-state index >= 15 is 0 Å². The molecule has 0 saturated carbocycles. The molecule has 4 aromatic rings. The van der Waals surface area contributed by atoms with Crippen molar-refractivity contribution in [1.82, 2.24) is 9.97 Å². The summed E-state index contributed by atoms with van der Waals surface area (Å²) in [5.74, 6) is 1.85. The summed E-state index contributed by atoms with van der Waals surface area (Å²) in [4.78, 5) is 9.39. The van der Waals surface area contributed by atoms with Gasteiger partial charge in [-0.1, -0.05) is 56.3 Å². The van der Waals surface area contributed by atoms with E-state index in [1.54, 1.807) is 0 Å². The number of pyridine rings is 1. The van der Waals surface area contributed by atoms with E-state index in [1.807, 2.05) is 42.5 Å². The largest absolute Gasteiger partial charge is 0.473 e. The second-order valence-corrected chi connectivity index (χ2v) is 7.63. The number of ether oxygens (including phenoxy) is 1. The Morgan fingerprint density at radius 2 is 1.69 bits per heavy atom. The second kappa shape index (κ2) is 8.48. The average molecular weight is 386 g/mol. The van der Waals surface area contributed by atoms with Crippen molar-refractivity contribution >= 4 is 11.1 Å². The van der Waals surface area contributed by atoms with Gasteiger partial charge in [-0.2, -0.15) is 0 Å². The lowest BCUT2D eigenvalue weighted by Crippen LogP contribution is -2.06. The number of aryl methyl sites for hydroxylation is 3. The molecule has 0 fully saturated rings. The maximum Gasteiger partial charge on any atom is 0.217 e. The number of fused-ring (bicyclic) bond motifs is 1. The molecule has 0 atom stereocenters. The number of aromatic nitrogens is 2. The highest BCUT2D eigenvalue weighted by atomic mass is 16.5. The number of benzene rings is 2. The summed E-state index contributed by atoms with van der Waals surface area (Å²) >= 11 is 0. The van der Waals surface area contributed by atoms with E-state index in [-0.39, 0.29) is 0 Å². The topological polar surface area (TPSA) is 48.2 Å². The van der Waals surface area contributed by atoms with Crippen molar-refractivity contribution in [3.05, 3.63) is 88.9 Å². The predicted octanol–water partition coefficient (Wildman–Crippen LogP) is 6.02. The minimum atomic E-state index is 0.411. The Morgan fingerprint density at radius 3 is 2.45 bits per heavy atom. The SMILES string of the molecule is Cc1nc(OCc2ccccc2)c(CCc2nc3ccccc3o2)cc1C(C)C. The molecule has 4 nitrogen and oxygen atoms in total. The Balaban J connectivity index is 1.57. The fraction of sp³-hybridized carbons (Fsp3) is 0.280. The molecule has 148 valence electrons. The summed E-state index contributed by atoms with van der Waals surface area (Å²) in [6.45, 7) is 6.94. The monoisotopic (exact) mass is 386 g/mol. The summed E-state index contributed by atoms with van der Waals surface area (Å²) in [7, 11) is 0. The minimum Gasteiger partial charge on any atom is -0.473 e. The first-order valence-corrected chi connectivity index (χ1v) is 10.1. The van der Waals surface area contributed by atoms with E-state index < -0.39 is 0 Å². The van der Waals surface area contributed by atoms with Gasteiger partial charge in [0.05, 0.1) is 0 Å². The predicted molar refractivity (Wildman–Crippen MR) is 115 cm³/mol. The molecule has 0 N–H and O–H groups in total. The summed E-state index contributed by atoms with van der Waals surface area (Å²) < 4.78 is 12.0. The lowest BCUT2D eigenvalue weighted by atomic mass is 9.98. The fourth-order valence-electron chi connectivity index (χ4n) is 3.53. The molecule has 2 heterocycles. The zero-order valence-corrected chi connectivity index (χ0v) is 17.2. The zero-order chi connectivity index (χ0) is 20.2. The molecule has 4 rings (SSSR count). The summed E-state index contributed by atoms with van der Waals surface area (Å²) in [5, 5.41) is 0. The molecule has 0 radical (unpaired) electrons. The van der Waals surface area contributed by atoms with E-state index in [0.29, 0.717) is 24.8 Å². The van der Waals surface area contributed by atoms with Crippen molar-refractivity contribution in [2.75, 3.05) is 0 Å². The molecular formula is C25H26N2O2. The lowest BCUT2D eigenvalue weighted by Gasteiger charge is -2.16. The molecular weight excluding hydrogens is 360 g/mol. The number of hydrogen-bond acceptors (Lipinski definition) is 4. The molecule has 2 aromatic carbocycles. The molecule has 29 heavy (non-hydrogen) atoms. The maximum absolute atomic E-state index is 6.12. The Morgan fingerprint density at radius 1 is 0.931 bits per heavy atom. The molecule has 0 aliphatic rings. The van der Waals surface area contributed by atoms with Crippen LogP contribution in [0.25, 0.3) is 11.1 Å². The Labute approximate surface area is 171 Å². The Hall–Kier alpha value is -3.14. The maximum atomic E-state index is 6.12.